The van der Waals surface area contributed by atoms with Crippen molar-refractivity contribution in [2.45, 2.75) is 26.7 Å². The predicted octanol–water partition coefficient (Wildman–Crippen LogP) is 4.90. The van der Waals surface area contributed by atoms with E-state index in [4.69, 9.17) is 9.72 Å². The summed E-state index contributed by atoms with van der Waals surface area (Å²) in [6, 6.07) is 9.68. The van der Waals surface area contributed by atoms with Gasteiger partial charge in [-0.2, -0.15) is 0 Å². The average molecular weight is 448 g/mol. The van der Waals surface area contributed by atoms with E-state index in [1.54, 1.807) is 25.7 Å². The minimum Gasteiger partial charge on any atom is -0.497 e. The number of ether oxygens (including phenoxy) is 1. The lowest BCUT2D eigenvalue weighted by atomic mass is 10.2. The Hall–Kier alpha value is -3.52. The largest absolute Gasteiger partial charge is 0.497 e. The highest BCUT2D eigenvalue weighted by atomic mass is 32.1. The number of aromatic nitrogens is 4. The number of amides is 1. The Morgan fingerprint density at radius 2 is 2.00 bits per heavy atom. The molecule has 0 bridgehead atoms. The van der Waals surface area contributed by atoms with Gasteiger partial charge in [0, 0.05) is 35.7 Å². The van der Waals surface area contributed by atoms with E-state index in [9.17, 15) is 4.79 Å². The molecule has 0 radical (unpaired) electrons. The molecule has 1 amide bonds. The number of hydrogen-bond donors (Lipinski definition) is 1. The summed E-state index contributed by atoms with van der Waals surface area (Å²) in [5.41, 5.74) is 4.77. The Bertz CT molecular complexity index is 1200. The smallest absolute Gasteiger partial charge is 0.253 e. The number of nitrogens with one attached hydrogen (secondary N) is 1. The van der Waals surface area contributed by atoms with E-state index in [2.05, 4.69) is 26.8 Å². The molecule has 0 aliphatic heterocycles. The molecule has 4 aromatic rings. The third-order valence-electron chi connectivity index (χ3n) is 5.19. The Kier molecular flexibility index (Phi) is 6.61. The Balaban J connectivity index is 1.78. The summed E-state index contributed by atoms with van der Waals surface area (Å²) >= 11 is 1.50. The second kappa shape index (κ2) is 9.74. The molecule has 8 heteroatoms. The summed E-state index contributed by atoms with van der Waals surface area (Å²) in [6.45, 7) is 4.72. The van der Waals surface area contributed by atoms with E-state index >= 15 is 0 Å². The van der Waals surface area contributed by atoms with Gasteiger partial charge in [-0.25, -0.2) is 4.98 Å². The summed E-state index contributed by atoms with van der Waals surface area (Å²) < 4.78 is 7.36. The summed E-state index contributed by atoms with van der Waals surface area (Å²) in [7, 11) is 1.64. The minimum absolute atomic E-state index is 0.0751. The van der Waals surface area contributed by atoms with Crippen LogP contribution in [0.2, 0.25) is 0 Å². The normalized spacial score (nSPS) is 10.8. The number of nitrogens with zero attached hydrogens (tertiary/aromatic N) is 4. The highest BCUT2D eigenvalue weighted by Crippen LogP contribution is 2.33. The number of carbonyl (C=O) groups is 1. The van der Waals surface area contributed by atoms with Gasteiger partial charge in [0.25, 0.3) is 5.91 Å². The van der Waals surface area contributed by atoms with Crippen LogP contribution in [0.15, 0.2) is 54.3 Å². The van der Waals surface area contributed by atoms with E-state index < -0.39 is 0 Å². The summed E-state index contributed by atoms with van der Waals surface area (Å²) in [5.74, 6) is 0.699. The second-order valence-electron chi connectivity index (χ2n) is 7.30. The van der Waals surface area contributed by atoms with Gasteiger partial charge < -0.3 is 14.6 Å². The molecule has 0 aliphatic rings. The average Bonchev–Trinajstić information content (AvgIpc) is 3.45. The van der Waals surface area contributed by atoms with Crippen molar-refractivity contribution >= 4 is 17.2 Å². The van der Waals surface area contributed by atoms with Crippen LogP contribution in [0.4, 0.5) is 0 Å². The fraction of sp³-hybridized carbons (Fsp3) is 0.250. The van der Waals surface area contributed by atoms with Crippen LogP contribution in [0.25, 0.3) is 27.8 Å². The fourth-order valence-corrected chi connectivity index (χ4v) is 4.26. The Morgan fingerprint density at radius 3 is 2.69 bits per heavy atom. The molecule has 32 heavy (non-hydrogen) atoms. The molecule has 0 aliphatic carbocycles. The molecule has 3 aromatic heterocycles. The van der Waals surface area contributed by atoms with Crippen LogP contribution >= 0.6 is 11.3 Å². The van der Waals surface area contributed by atoms with Crippen molar-refractivity contribution < 1.29 is 9.53 Å². The van der Waals surface area contributed by atoms with Gasteiger partial charge in [-0.3, -0.25) is 14.8 Å². The van der Waals surface area contributed by atoms with Crippen molar-refractivity contribution in [3.05, 3.63) is 65.6 Å². The number of benzene rings is 1. The van der Waals surface area contributed by atoms with Gasteiger partial charge in [0.15, 0.2) is 0 Å². The summed E-state index contributed by atoms with van der Waals surface area (Å²) in [4.78, 5) is 26.2. The van der Waals surface area contributed by atoms with Crippen molar-refractivity contribution in [2.75, 3.05) is 13.7 Å². The minimum atomic E-state index is -0.0751. The van der Waals surface area contributed by atoms with E-state index in [0.29, 0.717) is 12.1 Å². The van der Waals surface area contributed by atoms with Gasteiger partial charge in [-0.1, -0.05) is 13.3 Å². The molecular weight excluding hydrogens is 422 g/mol. The van der Waals surface area contributed by atoms with E-state index in [1.165, 1.54) is 11.3 Å². The molecule has 7 nitrogen and oxygen atoms in total. The zero-order valence-electron chi connectivity index (χ0n) is 18.3. The van der Waals surface area contributed by atoms with E-state index in [-0.39, 0.29) is 5.91 Å². The highest BCUT2D eigenvalue weighted by Gasteiger charge is 2.21. The summed E-state index contributed by atoms with van der Waals surface area (Å²) in [5, 5.41) is 5.79. The molecule has 3 heterocycles. The fourth-order valence-electron chi connectivity index (χ4n) is 3.48. The molecule has 1 aromatic carbocycles. The standard InChI is InChI=1S/C24H25N5O2S/c1-4-5-10-27-23(30)19-13-22(21-15-32-24(28-21)20-14-25-11-12-26-20)29(16(19)2)17-6-8-18(31-3)9-7-17/h6-9,11-15H,4-5,10H2,1-3H3,(H,27,30). The first-order chi connectivity index (χ1) is 15.6. The molecule has 164 valence electrons. The van der Waals surface area contributed by atoms with Gasteiger partial charge in [0.1, 0.15) is 16.5 Å². The first kappa shape index (κ1) is 21.7. The number of hydrogen-bond acceptors (Lipinski definition) is 6. The topological polar surface area (TPSA) is 81.9 Å². The molecule has 0 saturated carbocycles. The maximum Gasteiger partial charge on any atom is 0.253 e. The quantitative estimate of drug-likeness (QED) is 0.388. The van der Waals surface area contributed by atoms with Crippen molar-refractivity contribution in [3.63, 3.8) is 0 Å². The Labute approximate surface area is 191 Å². The maximum absolute atomic E-state index is 12.9. The predicted molar refractivity (Wildman–Crippen MR) is 126 cm³/mol. The lowest BCUT2D eigenvalue weighted by molar-refractivity contribution is 0.0952. The first-order valence-corrected chi connectivity index (χ1v) is 11.4. The Morgan fingerprint density at radius 1 is 1.19 bits per heavy atom. The van der Waals surface area contributed by atoms with Gasteiger partial charge in [-0.15, -0.1) is 11.3 Å². The SMILES string of the molecule is CCCCNC(=O)c1cc(-c2csc(-c3cnccn3)n2)n(-c2ccc(OC)cc2)c1C. The van der Waals surface area contributed by atoms with Gasteiger partial charge in [-0.05, 0) is 43.7 Å². The van der Waals surface area contributed by atoms with Crippen LogP contribution < -0.4 is 10.1 Å². The number of rotatable bonds is 8. The molecule has 0 spiro atoms. The number of thiazole rings is 1. The maximum atomic E-state index is 12.9. The van der Waals surface area contributed by atoms with Crippen LogP contribution in [0, 0.1) is 6.92 Å². The highest BCUT2D eigenvalue weighted by molar-refractivity contribution is 7.13. The monoisotopic (exact) mass is 447 g/mol. The third-order valence-corrected chi connectivity index (χ3v) is 6.05. The van der Waals surface area contributed by atoms with Gasteiger partial charge in [0.2, 0.25) is 0 Å². The van der Waals surface area contributed by atoms with Gasteiger partial charge in [0.05, 0.1) is 30.3 Å². The van der Waals surface area contributed by atoms with Crippen molar-refractivity contribution in [1.82, 2.24) is 24.8 Å². The van der Waals surface area contributed by atoms with Crippen LogP contribution in [-0.2, 0) is 0 Å². The van der Waals surface area contributed by atoms with Crippen molar-refractivity contribution in [3.8, 4) is 33.5 Å². The van der Waals surface area contributed by atoms with Crippen LogP contribution in [0.1, 0.15) is 35.8 Å². The lowest BCUT2D eigenvalue weighted by Crippen LogP contribution is -2.24. The molecule has 0 atom stereocenters. The number of unbranched alkanes of at least 4 members (excludes halogenated alkanes) is 1. The molecule has 0 unspecified atom stereocenters. The van der Waals surface area contributed by atoms with Crippen LogP contribution in [-0.4, -0.2) is 39.1 Å². The third kappa shape index (κ3) is 4.40. The molecule has 0 saturated heterocycles. The number of methoxy groups -OCH3 is 1. The van der Waals surface area contributed by atoms with Crippen LogP contribution in [0.5, 0.6) is 5.75 Å². The second-order valence-corrected chi connectivity index (χ2v) is 8.16. The van der Waals surface area contributed by atoms with Crippen LogP contribution in [0.3, 0.4) is 0 Å². The summed E-state index contributed by atoms with van der Waals surface area (Å²) in [6.07, 6.45) is 6.97. The molecular formula is C24H25N5O2S. The van der Waals surface area contributed by atoms with E-state index in [1.807, 2.05) is 42.6 Å². The van der Waals surface area contributed by atoms with E-state index in [0.717, 1.165) is 52.1 Å². The molecule has 4 rings (SSSR count). The van der Waals surface area contributed by atoms with Crippen molar-refractivity contribution in [1.29, 1.82) is 0 Å². The molecule has 0 fully saturated rings. The zero-order chi connectivity index (χ0) is 22.5. The van der Waals surface area contributed by atoms with Gasteiger partial charge >= 0.3 is 0 Å². The lowest BCUT2D eigenvalue weighted by Gasteiger charge is -2.12. The van der Waals surface area contributed by atoms with Crippen molar-refractivity contribution in [2.24, 2.45) is 0 Å². The first-order valence-electron chi connectivity index (χ1n) is 10.5. The zero-order valence-corrected chi connectivity index (χ0v) is 19.1. The number of carbonyl (C=O) groups excluding carboxylic acids is 1. The molecule has 1 N–H and O–H groups in total.